The summed E-state index contributed by atoms with van der Waals surface area (Å²) < 4.78 is 53.4. The van der Waals surface area contributed by atoms with Crippen LogP contribution in [-0.4, -0.2) is 170 Å². The summed E-state index contributed by atoms with van der Waals surface area (Å²) >= 11 is 0. The van der Waals surface area contributed by atoms with E-state index in [4.69, 9.17) is 33.1 Å². The summed E-state index contributed by atoms with van der Waals surface area (Å²) in [4.78, 5) is 95.7. The number of nitrogens with one attached hydrogen (secondary N) is 1. The molecule has 8 aliphatic rings. The number of hydrogen-bond donors (Lipinski definition) is 6. The van der Waals surface area contributed by atoms with Gasteiger partial charge in [0.25, 0.3) is 5.91 Å². The molecular formula is C70H83FN6O17. The van der Waals surface area contributed by atoms with E-state index in [1.54, 1.807) is 45.9 Å². The van der Waals surface area contributed by atoms with Crippen LogP contribution >= 0.6 is 0 Å². The molecule has 502 valence electrons. The first-order chi connectivity index (χ1) is 44.6. The topological polar surface area (TPSA) is 301 Å². The molecule has 5 bridgehead atoms. The molecule has 0 radical (unpaired) electrons. The van der Waals surface area contributed by atoms with Gasteiger partial charge >= 0.3 is 17.7 Å². The van der Waals surface area contributed by atoms with Crippen molar-refractivity contribution in [3.8, 4) is 11.5 Å². The molecule has 0 spiro atoms. The average molecular weight is 1300 g/mol. The number of rotatable bonds is 10. The minimum atomic E-state index is -2.04. The third kappa shape index (κ3) is 11.1. The van der Waals surface area contributed by atoms with Gasteiger partial charge in [0.2, 0.25) is 10.9 Å². The smallest absolute Gasteiger partial charge is 0.340 e. The highest BCUT2D eigenvalue weighted by atomic mass is 19.1. The Bertz CT molecular complexity index is 4200. The fourth-order valence-corrected chi connectivity index (χ4v) is 15.7. The van der Waals surface area contributed by atoms with Gasteiger partial charge in [-0.3, -0.25) is 28.9 Å². The van der Waals surface area contributed by atoms with E-state index in [0.29, 0.717) is 43.3 Å². The number of nitrogens with zero attached hydrogens (tertiary/aromatic N) is 5. The normalized spacial score (nSPS) is 31.4. The predicted molar refractivity (Wildman–Crippen MR) is 346 cm³/mol. The van der Waals surface area contributed by atoms with Crippen LogP contribution < -0.4 is 31.0 Å². The number of likely N-dealkylation sites (tertiary alicyclic amines) is 1. The molecule has 2 saturated heterocycles. The zero-order valence-corrected chi connectivity index (χ0v) is 54.7. The lowest BCUT2D eigenvalue weighted by molar-refractivity contribution is -0.160. The van der Waals surface area contributed by atoms with E-state index in [2.05, 4.69) is 22.2 Å². The number of hydrogen-bond acceptors (Lipinski definition) is 21. The lowest BCUT2D eigenvalue weighted by Crippen LogP contribution is -2.52. The molecule has 3 aromatic carbocycles. The van der Waals surface area contributed by atoms with Crippen LogP contribution in [0.1, 0.15) is 99.0 Å². The standard InChI is InChI=1S/C70H83FN6O17/c1-32-13-12-14-33(2)67(86)73-54-61(84)50-49(51-63(37(6)59(50)82)94-69(8,66(51)85)91-26-20-47(89-10)34(3)62(92-38(7)78)36(5)58(81)35(4)57(32)80)53-64(54)93-48-28-42(27-46(79)52(48)72-53)75-24-18-40(19-25-75)74(9)70(21-22-70)39-17-23-76(30-39)56-45(71)29-43-55(65(56)90-11)77(41-15-16-41)31-44(60(43)83)68(87)88/h12-14,20,26-29,31-32,34-36,39-41,43,47,55,57-58,62,80-82,85H,15-19,21-25,30H2,1-11H3,(H,73,86)(H,87,88)/b13-12+,26-20+,33-14-/t32-,34+,35+,36+,39+,43?,47-,55?,57-,58+,62+,69-/m0/s1. The van der Waals surface area contributed by atoms with Crippen LogP contribution in [0.15, 0.2) is 97.4 Å². The van der Waals surface area contributed by atoms with Gasteiger partial charge in [-0.15, -0.1) is 0 Å². The second kappa shape index (κ2) is 24.8. The number of carbonyl (C=O) groups excluding carboxylic acids is 3. The number of carboxylic acids is 1. The van der Waals surface area contributed by atoms with E-state index >= 15 is 9.18 Å². The number of aromatic hydroxyl groups is 1. The number of anilines is 2. The molecule has 1 aromatic heterocycles. The van der Waals surface area contributed by atoms with E-state index in [0.717, 1.165) is 44.9 Å². The highest BCUT2D eigenvalue weighted by Gasteiger charge is 2.57. The summed E-state index contributed by atoms with van der Waals surface area (Å²) in [6, 6.07) is 2.65. The number of esters is 1. The summed E-state index contributed by atoms with van der Waals surface area (Å²) in [7, 11) is 5.07. The molecule has 3 aliphatic carbocycles. The number of methoxy groups -OCH3 is 2. The van der Waals surface area contributed by atoms with Gasteiger partial charge in [0.1, 0.15) is 57.7 Å². The van der Waals surface area contributed by atoms with Gasteiger partial charge in [-0.2, -0.15) is 0 Å². The van der Waals surface area contributed by atoms with E-state index in [1.165, 1.54) is 78.7 Å². The minimum Gasteiger partial charge on any atom is -0.507 e. The monoisotopic (exact) mass is 1300 g/mol. The molecule has 1 amide bonds. The number of benzene rings is 3. The molecule has 2 unspecified atom stereocenters. The number of aromatic nitrogens is 1. The molecule has 2 saturated carbocycles. The molecule has 5 aliphatic heterocycles. The zero-order valence-electron chi connectivity index (χ0n) is 54.7. The second-order valence-electron chi connectivity index (χ2n) is 27.2. The Morgan fingerprint density at radius 1 is 0.894 bits per heavy atom. The van der Waals surface area contributed by atoms with Gasteiger partial charge in [-0.1, -0.05) is 45.9 Å². The van der Waals surface area contributed by atoms with E-state index < -0.39 is 123 Å². The summed E-state index contributed by atoms with van der Waals surface area (Å²) in [6.45, 7) is 14.8. The summed E-state index contributed by atoms with van der Waals surface area (Å²) in [5.74, 6) is -10.4. The number of ketones is 1. The average Bonchev–Trinajstić information content (AvgIpc) is 1.44. The van der Waals surface area contributed by atoms with Crippen LogP contribution in [0.4, 0.5) is 15.8 Å². The third-order valence-electron chi connectivity index (χ3n) is 21.5. The van der Waals surface area contributed by atoms with E-state index in [1.807, 2.05) is 9.80 Å². The van der Waals surface area contributed by atoms with Crippen LogP contribution in [0, 0.1) is 42.4 Å². The quantitative estimate of drug-likeness (QED) is 0.0401. The van der Waals surface area contributed by atoms with Crippen LogP contribution in [0.25, 0.3) is 38.7 Å². The first-order valence-electron chi connectivity index (χ1n) is 32.4. The van der Waals surface area contributed by atoms with Crippen LogP contribution in [0.3, 0.4) is 0 Å². The first kappa shape index (κ1) is 65.7. The Morgan fingerprint density at radius 3 is 2.24 bits per heavy atom. The molecule has 12 rings (SSSR count). The molecule has 6 N–H and O–H groups in total. The van der Waals surface area contributed by atoms with Crippen molar-refractivity contribution in [3.05, 3.63) is 115 Å². The van der Waals surface area contributed by atoms with Gasteiger partial charge in [0.15, 0.2) is 28.2 Å². The third-order valence-corrected chi connectivity index (χ3v) is 21.5. The Kier molecular flexibility index (Phi) is 17.3. The molecular weight excluding hydrogens is 1220 g/mol. The number of phenols is 1. The molecule has 4 fully saturated rings. The zero-order chi connectivity index (χ0) is 67.5. The van der Waals surface area contributed by atoms with Crippen molar-refractivity contribution in [2.75, 3.05) is 57.7 Å². The molecule has 24 heteroatoms. The highest BCUT2D eigenvalue weighted by molar-refractivity contribution is 6.19. The van der Waals surface area contributed by atoms with E-state index in [-0.39, 0.29) is 84.2 Å². The Balaban J connectivity index is 0.861. The number of aliphatic hydroxyl groups excluding tert-OH is 3. The van der Waals surface area contributed by atoms with Crippen molar-refractivity contribution >= 4 is 73.7 Å². The van der Waals surface area contributed by atoms with Crippen molar-refractivity contribution in [2.45, 2.75) is 154 Å². The fraction of sp³-hybridized carbons (Fsp3) is 0.529. The minimum absolute atomic E-state index is 0.0206. The SMILES string of the molecule is COC1=C(N2CC[C@@H](C3(N(C)C4CCN(c5cc(=O)c6nc7c(oc6c5)c5c(=O)c6c(O)c(C)c8c(c67)=C(O)[C@@](C)(O/C=C/[C@H](OC)[C@@H](C)[C@@H](OC(C)=O)[C@H](C)[C@H](O)[C@H](C)[C@@H](O)[C@@H](C)/C=C/C=C(/C)C(=O)N5)O8)CC4)CC3)C2)C(F)=CC2C(=O)C(C(=O)O)=CN(C3CC3)C12. The van der Waals surface area contributed by atoms with Crippen molar-refractivity contribution < 1.29 is 77.2 Å². The lowest BCUT2D eigenvalue weighted by Gasteiger charge is -2.44. The van der Waals surface area contributed by atoms with Crippen molar-refractivity contribution in [1.29, 1.82) is 0 Å². The number of aliphatic hydroxyl groups is 3. The number of allylic oxidation sites excluding steroid dienone is 3. The Hall–Kier alpha value is -8.32. The summed E-state index contributed by atoms with van der Waals surface area (Å²) in [5, 5.41) is 59.8. The van der Waals surface area contributed by atoms with Gasteiger partial charge in [-0.25, -0.2) is 14.2 Å². The van der Waals surface area contributed by atoms with Crippen LogP contribution in [-0.2, 0) is 38.1 Å². The summed E-state index contributed by atoms with van der Waals surface area (Å²) in [6.07, 6.45) is 11.9. The highest BCUT2D eigenvalue weighted by Crippen LogP contribution is 2.54. The number of phenolic OH excluding ortho intramolecular Hbond substituents is 1. The van der Waals surface area contributed by atoms with Gasteiger partial charge in [-0.05, 0) is 83.9 Å². The molecule has 23 nitrogen and oxygen atoms in total. The van der Waals surface area contributed by atoms with Crippen LogP contribution in [0.5, 0.6) is 11.5 Å². The lowest BCUT2D eigenvalue weighted by atomic mass is 9.78. The van der Waals surface area contributed by atoms with Gasteiger partial charge < -0.3 is 73.7 Å². The number of carbonyl (C=O) groups is 4. The van der Waals surface area contributed by atoms with Gasteiger partial charge in [0.05, 0.1) is 48.2 Å². The number of aliphatic carboxylic acids is 1. The Labute approximate surface area is 542 Å². The van der Waals surface area contributed by atoms with Crippen LogP contribution in [0.2, 0.25) is 0 Å². The molecule has 94 heavy (non-hydrogen) atoms. The number of fused-ring (bicyclic) bond motifs is 6. The number of Topliss-reactive ketones (excluding diaryl/α,β-unsaturated/α-hetero) is 1. The largest absolute Gasteiger partial charge is 0.507 e. The van der Waals surface area contributed by atoms with E-state index in [9.17, 15) is 49.5 Å². The van der Waals surface area contributed by atoms with Crippen molar-refractivity contribution in [1.82, 2.24) is 19.7 Å². The number of halogens is 1. The summed E-state index contributed by atoms with van der Waals surface area (Å²) in [5.41, 5.74) is -2.03. The number of carboxylic acid groups (broad SMARTS) is 1. The number of amides is 1. The first-order valence-corrected chi connectivity index (χ1v) is 32.4. The maximum absolute atomic E-state index is 16.5. The second-order valence-corrected chi connectivity index (χ2v) is 27.2. The number of piperidine rings is 1. The van der Waals surface area contributed by atoms with Gasteiger partial charge in [0, 0.05) is 129 Å². The van der Waals surface area contributed by atoms with Crippen molar-refractivity contribution in [2.24, 2.45) is 35.5 Å². The predicted octanol–water partition coefficient (Wildman–Crippen LogP) is 7.04. The van der Waals surface area contributed by atoms with Crippen molar-refractivity contribution in [3.63, 3.8) is 0 Å². The maximum Gasteiger partial charge on any atom is 0.340 e. The molecule has 6 heterocycles. The fourth-order valence-electron chi connectivity index (χ4n) is 15.7. The molecule has 12 atom stereocenters. The maximum atomic E-state index is 16.5. The number of ether oxygens (including phenoxy) is 5. The molecule has 4 aromatic rings. The Morgan fingerprint density at radius 2 is 1.60 bits per heavy atom.